The van der Waals surface area contributed by atoms with Gasteiger partial charge in [-0.2, -0.15) is 5.10 Å². The van der Waals surface area contributed by atoms with Gasteiger partial charge in [0.1, 0.15) is 11.4 Å². The molecule has 1 saturated heterocycles. The molecule has 1 amide bonds. The van der Waals surface area contributed by atoms with Gasteiger partial charge in [-0.25, -0.2) is 5.43 Å². The minimum absolute atomic E-state index is 0.282. The molecule has 1 N–H and O–H groups in total. The number of carbonyl (C=O) groups is 1. The Morgan fingerprint density at radius 3 is 2.77 bits per heavy atom. The topological polar surface area (TPSA) is 66.8 Å². The number of nitrogens with zero attached hydrogens (tertiary/aromatic N) is 3. The Morgan fingerprint density at radius 2 is 2.04 bits per heavy atom. The van der Waals surface area contributed by atoms with E-state index in [1.165, 1.54) is 5.56 Å². The number of hydrazone groups is 1. The minimum Gasteiger partial charge on any atom is -0.496 e. The third-order valence-corrected chi connectivity index (χ3v) is 4.57. The first kappa shape index (κ1) is 18.1. The summed E-state index contributed by atoms with van der Waals surface area (Å²) in [5.74, 6) is 1.04. The molecular weight excluding hydrogens is 328 g/mol. The normalized spacial score (nSPS) is 15.9. The van der Waals surface area contributed by atoms with Crippen LogP contribution in [-0.2, 0) is 6.54 Å². The van der Waals surface area contributed by atoms with Gasteiger partial charge in [-0.1, -0.05) is 24.3 Å². The highest BCUT2D eigenvalue weighted by Gasteiger charge is 2.19. The number of nitrogens with one attached hydrogen (secondary N) is 1. The summed E-state index contributed by atoms with van der Waals surface area (Å²) < 4.78 is 5.43. The lowest BCUT2D eigenvalue weighted by molar-refractivity contribution is 0.0949. The molecule has 3 rings (SSSR count). The van der Waals surface area contributed by atoms with Crippen molar-refractivity contribution in [2.24, 2.45) is 11.0 Å². The smallest absolute Gasteiger partial charge is 0.289 e. The molecule has 136 valence electrons. The molecule has 0 bridgehead atoms. The fraction of sp³-hybridized carbons (Fsp3) is 0.350. The average Bonchev–Trinajstić information content (AvgIpc) is 2.70. The van der Waals surface area contributed by atoms with Crippen molar-refractivity contribution in [3.63, 3.8) is 0 Å². The van der Waals surface area contributed by atoms with Crippen LogP contribution < -0.4 is 10.2 Å². The summed E-state index contributed by atoms with van der Waals surface area (Å²) >= 11 is 0. The van der Waals surface area contributed by atoms with Crippen LogP contribution in [0.2, 0.25) is 0 Å². The molecule has 0 aliphatic carbocycles. The van der Waals surface area contributed by atoms with Crippen molar-refractivity contribution in [1.29, 1.82) is 0 Å². The number of para-hydroxylation sites is 1. The van der Waals surface area contributed by atoms with Crippen LogP contribution in [0.1, 0.15) is 28.9 Å². The van der Waals surface area contributed by atoms with Gasteiger partial charge < -0.3 is 4.74 Å². The van der Waals surface area contributed by atoms with Crippen molar-refractivity contribution in [3.8, 4) is 5.75 Å². The highest BCUT2D eigenvalue weighted by molar-refractivity contribution is 5.92. The van der Waals surface area contributed by atoms with Gasteiger partial charge in [0.2, 0.25) is 0 Å². The van der Waals surface area contributed by atoms with E-state index in [9.17, 15) is 4.79 Å². The zero-order chi connectivity index (χ0) is 18.2. The molecule has 0 spiro atoms. The van der Waals surface area contributed by atoms with Crippen molar-refractivity contribution in [2.75, 3.05) is 20.2 Å². The molecule has 0 saturated carbocycles. The van der Waals surface area contributed by atoms with Crippen LogP contribution in [0, 0.1) is 5.92 Å². The molecule has 2 heterocycles. The predicted octanol–water partition coefficient (Wildman–Crippen LogP) is 2.72. The molecule has 1 aliphatic rings. The number of hydrogen-bond acceptors (Lipinski definition) is 5. The molecule has 6 heteroatoms. The van der Waals surface area contributed by atoms with E-state index in [-0.39, 0.29) is 5.91 Å². The van der Waals surface area contributed by atoms with Gasteiger partial charge in [-0.3, -0.25) is 14.7 Å². The molecule has 26 heavy (non-hydrogen) atoms. The quantitative estimate of drug-likeness (QED) is 0.641. The number of methoxy groups -OCH3 is 1. The molecule has 1 aliphatic heterocycles. The maximum atomic E-state index is 11.9. The number of hydrogen-bond donors (Lipinski definition) is 1. The Labute approximate surface area is 153 Å². The molecule has 0 radical (unpaired) electrons. The zero-order valence-corrected chi connectivity index (χ0v) is 15.0. The van der Waals surface area contributed by atoms with Crippen molar-refractivity contribution < 1.29 is 9.53 Å². The van der Waals surface area contributed by atoms with E-state index in [1.54, 1.807) is 31.5 Å². The first-order valence-electron chi connectivity index (χ1n) is 8.85. The maximum absolute atomic E-state index is 11.9. The second-order valence-corrected chi connectivity index (χ2v) is 6.36. The summed E-state index contributed by atoms with van der Waals surface area (Å²) in [6, 6.07) is 13.4. The molecular formula is C20H24N4O2. The Kier molecular flexibility index (Phi) is 6.33. The molecule has 1 aromatic carbocycles. The summed E-state index contributed by atoms with van der Waals surface area (Å²) in [5.41, 5.74) is 4.13. The second-order valence-electron chi connectivity index (χ2n) is 6.36. The lowest BCUT2D eigenvalue weighted by Crippen LogP contribution is -2.34. The number of likely N-dealkylation sites (tertiary alicyclic amines) is 1. The number of amides is 1. The minimum atomic E-state index is -0.282. The standard InChI is InChI=1S/C20H24N4O2/c1-26-19-8-3-2-6-17(19)15-24-12-9-16(10-13-24)14-22-23-20(25)18-7-4-5-11-21-18/h2-8,11,14,16H,9-10,12-13,15H2,1H3,(H,23,25)/b22-14+. The van der Waals surface area contributed by atoms with Crippen LogP contribution >= 0.6 is 0 Å². The Bertz CT molecular complexity index is 740. The van der Waals surface area contributed by atoms with Crippen LogP contribution in [0.5, 0.6) is 5.75 Å². The monoisotopic (exact) mass is 352 g/mol. The van der Waals surface area contributed by atoms with Gasteiger partial charge in [0.15, 0.2) is 0 Å². The van der Waals surface area contributed by atoms with Gasteiger partial charge in [-0.05, 0) is 50.0 Å². The van der Waals surface area contributed by atoms with Crippen LogP contribution in [-0.4, -0.2) is 42.2 Å². The molecule has 1 fully saturated rings. The second kappa shape index (κ2) is 9.10. The lowest BCUT2D eigenvalue weighted by Gasteiger charge is -2.30. The summed E-state index contributed by atoms with van der Waals surface area (Å²) in [6.45, 7) is 2.90. The fourth-order valence-electron chi connectivity index (χ4n) is 3.09. The van der Waals surface area contributed by atoms with E-state index in [4.69, 9.17) is 4.74 Å². The SMILES string of the molecule is COc1ccccc1CN1CCC(/C=N/NC(=O)c2ccccn2)CC1. The number of aromatic nitrogens is 1. The third kappa shape index (κ3) is 4.89. The van der Waals surface area contributed by atoms with Crippen molar-refractivity contribution in [2.45, 2.75) is 19.4 Å². The van der Waals surface area contributed by atoms with E-state index >= 15 is 0 Å². The van der Waals surface area contributed by atoms with Crippen LogP contribution in [0.15, 0.2) is 53.8 Å². The summed E-state index contributed by atoms with van der Waals surface area (Å²) in [6.07, 6.45) is 5.49. The summed E-state index contributed by atoms with van der Waals surface area (Å²) in [5, 5.41) is 4.10. The zero-order valence-electron chi connectivity index (χ0n) is 15.0. The summed E-state index contributed by atoms with van der Waals surface area (Å²) in [7, 11) is 1.71. The highest BCUT2D eigenvalue weighted by atomic mass is 16.5. The van der Waals surface area contributed by atoms with Crippen molar-refractivity contribution in [3.05, 3.63) is 59.9 Å². The number of piperidine rings is 1. The number of carbonyl (C=O) groups excluding carboxylic acids is 1. The van der Waals surface area contributed by atoms with Crippen molar-refractivity contribution >= 4 is 12.1 Å². The van der Waals surface area contributed by atoms with Crippen LogP contribution in [0.4, 0.5) is 0 Å². The Morgan fingerprint density at radius 1 is 1.27 bits per heavy atom. The summed E-state index contributed by atoms with van der Waals surface area (Å²) in [4.78, 5) is 18.3. The Balaban J connectivity index is 1.44. The van der Waals surface area contributed by atoms with Gasteiger partial charge in [-0.15, -0.1) is 0 Å². The molecule has 0 atom stereocenters. The highest BCUT2D eigenvalue weighted by Crippen LogP contribution is 2.22. The molecule has 2 aromatic rings. The van der Waals surface area contributed by atoms with E-state index in [0.29, 0.717) is 11.6 Å². The number of rotatable bonds is 6. The van der Waals surface area contributed by atoms with E-state index in [2.05, 4.69) is 26.5 Å². The molecule has 6 nitrogen and oxygen atoms in total. The lowest BCUT2D eigenvalue weighted by atomic mass is 9.98. The Hall–Kier alpha value is -2.73. The largest absolute Gasteiger partial charge is 0.496 e. The first-order valence-corrected chi connectivity index (χ1v) is 8.85. The van der Waals surface area contributed by atoms with Crippen LogP contribution in [0.25, 0.3) is 0 Å². The molecule has 1 aromatic heterocycles. The average molecular weight is 352 g/mol. The van der Waals surface area contributed by atoms with E-state index in [1.807, 2.05) is 24.4 Å². The van der Waals surface area contributed by atoms with Gasteiger partial charge in [0.05, 0.1) is 7.11 Å². The van der Waals surface area contributed by atoms with Crippen molar-refractivity contribution in [1.82, 2.24) is 15.3 Å². The molecule has 0 unspecified atom stereocenters. The number of pyridine rings is 1. The van der Waals surface area contributed by atoms with E-state index < -0.39 is 0 Å². The number of benzene rings is 1. The van der Waals surface area contributed by atoms with Gasteiger partial charge >= 0.3 is 0 Å². The first-order chi connectivity index (χ1) is 12.8. The maximum Gasteiger partial charge on any atom is 0.289 e. The van der Waals surface area contributed by atoms with Gasteiger partial charge in [0, 0.05) is 24.5 Å². The third-order valence-electron chi connectivity index (χ3n) is 4.57. The van der Waals surface area contributed by atoms with Crippen LogP contribution in [0.3, 0.4) is 0 Å². The number of ether oxygens (including phenoxy) is 1. The predicted molar refractivity (Wildman–Crippen MR) is 101 cm³/mol. The van der Waals surface area contributed by atoms with E-state index in [0.717, 1.165) is 38.2 Å². The van der Waals surface area contributed by atoms with Gasteiger partial charge in [0.25, 0.3) is 5.91 Å². The fourth-order valence-corrected chi connectivity index (χ4v) is 3.09.